The van der Waals surface area contributed by atoms with Crippen molar-refractivity contribution >= 4 is 40.8 Å². The zero-order valence-corrected chi connectivity index (χ0v) is 31.3. The van der Waals surface area contributed by atoms with Gasteiger partial charge in [0.2, 0.25) is 5.91 Å². The number of aromatic hydroxyl groups is 1. The molecule has 298 valence electrons. The number of aromatic nitrogens is 2. The molecule has 1 fully saturated rings. The number of carbonyl (C=O) groups excluding carboxylic acids is 3. The van der Waals surface area contributed by atoms with Crippen LogP contribution in [0.2, 0.25) is 0 Å². The van der Waals surface area contributed by atoms with Gasteiger partial charge in [0.05, 0.1) is 29.3 Å². The molecule has 2 heterocycles. The van der Waals surface area contributed by atoms with Crippen LogP contribution in [0.4, 0.5) is 0 Å². The van der Waals surface area contributed by atoms with Crippen molar-refractivity contribution in [2.45, 2.75) is 89.2 Å². The lowest BCUT2D eigenvalue weighted by Crippen LogP contribution is -2.67. The van der Waals surface area contributed by atoms with Crippen LogP contribution in [0, 0.1) is 13.8 Å². The van der Waals surface area contributed by atoms with Gasteiger partial charge in [-0.1, -0.05) is 30.4 Å². The standard InChI is InChI=1S/C40H47N5O11/c1-20-13-27(14-21(2)33(20)50)38(53)42-19-31(49)34(51)35-32(43-23(4)47)30(48)17-40(56-35,39(54)55)12-6-9-24-7-5-8-25(15-24)18-41-37(52)26-10-11-28-29(16-26)45-36(44-28)22(3)46/h5-11,13-16,22,30-32,34-35,46,48-51H,12,17-19H2,1-4H3,(H,41,52)(H,42,53)(H,43,47)(H,44,45)(H,54,55)/b9-6+/t22?,30-,31+,32+,34+,35+,40+/m0/s1. The van der Waals surface area contributed by atoms with Crippen molar-refractivity contribution in [3.63, 3.8) is 0 Å². The number of phenols is 1. The highest BCUT2D eigenvalue weighted by atomic mass is 16.6. The van der Waals surface area contributed by atoms with Crippen LogP contribution < -0.4 is 16.0 Å². The second-order valence-electron chi connectivity index (χ2n) is 14.2. The monoisotopic (exact) mass is 773 g/mol. The average molecular weight is 774 g/mol. The first kappa shape index (κ1) is 41.5. The van der Waals surface area contributed by atoms with E-state index in [1.165, 1.54) is 25.1 Å². The Hall–Kier alpha value is -5.65. The molecule has 0 bridgehead atoms. The minimum atomic E-state index is -2.09. The summed E-state index contributed by atoms with van der Waals surface area (Å²) in [4.78, 5) is 57.9. The molecular weight excluding hydrogens is 726 g/mol. The molecule has 5 rings (SSSR count). The predicted octanol–water partition coefficient (Wildman–Crippen LogP) is 1.90. The summed E-state index contributed by atoms with van der Waals surface area (Å²) in [5.74, 6) is -2.56. The van der Waals surface area contributed by atoms with Gasteiger partial charge in [0.15, 0.2) is 5.60 Å². The number of carbonyl (C=O) groups is 4. The van der Waals surface area contributed by atoms with Gasteiger partial charge < -0.3 is 56.3 Å². The van der Waals surface area contributed by atoms with Crippen molar-refractivity contribution in [1.82, 2.24) is 25.9 Å². The summed E-state index contributed by atoms with van der Waals surface area (Å²) in [6.45, 7) is 5.68. The van der Waals surface area contributed by atoms with E-state index in [1.54, 1.807) is 69.3 Å². The van der Waals surface area contributed by atoms with Gasteiger partial charge in [-0.3, -0.25) is 14.4 Å². The number of aliphatic hydroxyl groups excluding tert-OH is 4. The van der Waals surface area contributed by atoms with E-state index in [2.05, 4.69) is 25.9 Å². The molecule has 16 heteroatoms. The molecule has 3 aromatic carbocycles. The molecule has 4 aromatic rings. The van der Waals surface area contributed by atoms with Gasteiger partial charge in [-0.25, -0.2) is 9.78 Å². The first-order chi connectivity index (χ1) is 26.5. The Balaban J connectivity index is 1.25. The number of nitrogens with zero attached hydrogens (tertiary/aromatic N) is 1. The predicted molar refractivity (Wildman–Crippen MR) is 203 cm³/mol. The number of imidazole rings is 1. The quantitative estimate of drug-likeness (QED) is 0.0881. The van der Waals surface area contributed by atoms with Gasteiger partial charge in [0.25, 0.3) is 11.8 Å². The summed E-state index contributed by atoms with van der Waals surface area (Å²) in [6, 6.07) is 13.7. The number of amides is 3. The Morgan fingerprint density at radius 3 is 2.36 bits per heavy atom. The molecule has 0 aliphatic carbocycles. The zero-order chi connectivity index (χ0) is 40.9. The largest absolute Gasteiger partial charge is 0.507 e. The minimum absolute atomic E-state index is 0.0375. The number of hydrogen-bond donors (Lipinski definition) is 10. The van der Waals surface area contributed by atoms with Gasteiger partial charge in [-0.2, -0.15) is 0 Å². The Morgan fingerprint density at radius 1 is 1.00 bits per heavy atom. The Morgan fingerprint density at radius 2 is 1.70 bits per heavy atom. The summed E-state index contributed by atoms with van der Waals surface area (Å²) in [7, 11) is 0. The summed E-state index contributed by atoms with van der Waals surface area (Å²) < 4.78 is 6.00. The van der Waals surface area contributed by atoms with Crippen LogP contribution in [0.1, 0.15) is 81.6 Å². The van der Waals surface area contributed by atoms with Crippen molar-refractivity contribution in [1.29, 1.82) is 0 Å². The minimum Gasteiger partial charge on any atom is -0.507 e. The molecule has 3 amide bonds. The van der Waals surface area contributed by atoms with E-state index in [1.807, 2.05) is 0 Å². The lowest BCUT2D eigenvalue weighted by molar-refractivity contribution is -0.226. The summed E-state index contributed by atoms with van der Waals surface area (Å²) in [6.07, 6.45) is -5.08. The lowest BCUT2D eigenvalue weighted by atomic mass is 9.81. The maximum absolute atomic E-state index is 12.9. The van der Waals surface area contributed by atoms with Crippen molar-refractivity contribution in [2.75, 3.05) is 6.54 Å². The highest BCUT2D eigenvalue weighted by Crippen LogP contribution is 2.35. The fraction of sp³-hybridized carbons (Fsp3) is 0.375. The zero-order valence-electron chi connectivity index (χ0n) is 31.3. The molecule has 1 saturated heterocycles. The number of aliphatic hydroxyl groups is 4. The second-order valence-corrected chi connectivity index (χ2v) is 14.2. The van der Waals surface area contributed by atoms with Crippen molar-refractivity contribution in [2.24, 2.45) is 0 Å². The number of ether oxygens (including phenoxy) is 1. The summed E-state index contributed by atoms with van der Waals surface area (Å²) in [5.41, 5.74) is 2.06. The van der Waals surface area contributed by atoms with Crippen LogP contribution in [0.15, 0.2) is 60.7 Å². The average Bonchev–Trinajstić information content (AvgIpc) is 3.59. The smallest absolute Gasteiger partial charge is 0.336 e. The number of aryl methyl sites for hydroxylation is 2. The third kappa shape index (κ3) is 9.58. The van der Waals surface area contributed by atoms with Crippen LogP contribution in [0.25, 0.3) is 17.1 Å². The molecule has 1 unspecified atom stereocenters. The molecule has 7 atom stereocenters. The molecule has 1 aromatic heterocycles. The second kappa shape index (κ2) is 17.4. The third-order valence-corrected chi connectivity index (χ3v) is 9.70. The van der Waals surface area contributed by atoms with E-state index >= 15 is 0 Å². The van der Waals surface area contributed by atoms with Gasteiger partial charge >= 0.3 is 5.97 Å². The van der Waals surface area contributed by atoms with E-state index in [0.29, 0.717) is 39.1 Å². The number of hydrogen-bond acceptors (Lipinski definition) is 11. The highest BCUT2D eigenvalue weighted by molar-refractivity contribution is 5.97. The van der Waals surface area contributed by atoms with Gasteiger partial charge in [-0.05, 0) is 79.4 Å². The van der Waals surface area contributed by atoms with Crippen molar-refractivity contribution < 1.29 is 54.6 Å². The van der Waals surface area contributed by atoms with Crippen LogP contribution in [0.5, 0.6) is 5.75 Å². The number of carboxylic acids is 1. The van der Waals surface area contributed by atoms with Crippen LogP contribution in [-0.4, -0.2) is 107 Å². The fourth-order valence-electron chi connectivity index (χ4n) is 6.69. The van der Waals surface area contributed by atoms with Crippen molar-refractivity contribution in [3.8, 4) is 5.75 Å². The fourth-order valence-corrected chi connectivity index (χ4v) is 6.69. The Labute approximate surface area is 322 Å². The van der Waals surface area contributed by atoms with Crippen LogP contribution in [-0.2, 0) is 20.9 Å². The number of aromatic amines is 1. The maximum Gasteiger partial charge on any atom is 0.336 e. The first-order valence-electron chi connectivity index (χ1n) is 18.0. The number of aliphatic carboxylic acids is 1. The highest BCUT2D eigenvalue weighted by Gasteiger charge is 2.54. The Kier molecular flexibility index (Phi) is 12.9. The van der Waals surface area contributed by atoms with Gasteiger partial charge in [0.1, 0.15) is 29.9 Å². The number of benzene rings is 3. The topological polar surface area (TPSA) is 264 Å². The van der Waals surface area contributed by atoms with Gasteiger partial charge in [0, 0.05) is 44.0 Å². The Bertz CT molecular complexity index is 2110. The molecule has 16 nitrogen and oxygen atoms in total. The van der Waals surface area contributed by atoms with E-state index in [4.69, 9.17) is 4.74 Å². The molecule has 0 radical (unpaired) electrons. The lowest BCUT2D eigenvalue weighted by Gasteiger charge is -2.47. The number of phenolic OH excluding ortho intramolecular Hbond substituents is 1. The van der Waals surface area contributed by atoms with E-state index in [0.717, 1.165) is 5.56 Å². The third-order valence-electron chi connectivity index (χ3n) is 9.70. The maximum atomic E-state index is 12.9. The number of carboxylic acid groups (broad SMARTS) is 1. The molecule has 1 aliphatic heterocycles. The molecule has 0 spiro atoms. The van der Waals surface area contributed by atoms with E-state index in [-0.39, 0.29) is 30.2 Å². The van der Waals surface area contributed by atoms with Crippen LogP contribution >= 0.6 is 0 Å². The molecule has 56 heavy (non-hydrogen) atoms. The normalized spacial score (nSPS) is 21.3. The van der Waals surface area contributed by atoms with Crippen molar-refractivity contribution in [3.05, 3.63) is 99.9 Å². The van der Waals surface area contributed by atoms with E-state index < -0.39 is 72.9 Å². The van der Waals surface area contributed by atoms with E-state index in [9.17, 15) is 49.8 Å². The molecule has 1 aliphatic rings. The SMILES string of the molecule is CC(=O)N[C@H]1[C@H]([C@H](O)[C@H](O)CNC(=O)c2cc(C)c(O)c(C)c2)O[C@@](C/C=C/c2cccc(CNC(=O)c3ccc4nc(C(C)O)[nH]c4c3)c2)(C(=O)O)C[C@@H]1O. The molecular formula is C40H47N5O11. The van der Waals surface area contributed by atoms with Crippen LogP contribution in [0.3, 0.4) is 0 Å². The first-order valence-corrected chi connectivity index (χ1v) is 18.0. The van der Waals surface area contributed by atoms with Gasteiger partial charge in [-0.15, -0.1) is 0 Å². The number of H-pyrrole nitrogens is 1. The number of nitrogens with one attached hydrogen (secondary N) is 4. The molecule has 10 N–H and O–H groups in total. The summed E-state index contributed by atoms with van der Waals surface area (Å²) in [5, 5.41) is 71.4. The number of fused-ring (bicyclic) bond motifs is 1. The molecule has 0 saturated carbocycles. The number of rotatable bonds is 14. The summed E-state index contributed by atoms with van der Waals surface area (Å²) >= 11 is 0.